The monoisotopic (exact) mass is 251 g/mol. The molecule has 10 heteroatoms. The van der Waals surface area contributed by atoms with Gasteiger partial charge in [0.25, 0.3) is 11.7 Å². The van der Waals surface area contributed by atoms with E-state index in [-0.39, 0.29) is 12.2 Å². The minimum atomic E-state index is -1.17. The second-order valence-corrected chi connectivity index (χ2v) is 3.38. The van der Waals surface area contributed by atoms with Crippen molar-refractivity contribution in [3.05, 3.63) is 24.0 Å². The first kappa shape index (κ1) is 11.7. The molecule has 0 saturated carbocycles. The van der Waals surface area contributed by atoms with Gasteiger partial charge in [0, 0.05) is 18.3 Å². The number of carbonyl (C=O) groups is 2. The Kier molecular flexibility index (Phi) is 3.27. The van der Waals surface area contributed by atoms with Crippen LogP contribution >= 0.6 is 0 Å². The maximum atomic E-state index is 11.6. The highest BCUT2D eigenvalue weighted by molar-refractivity contribution is 5.93. The van der Waals surface area contributed by atoms with Crippen LogP contribution in [0.1, 0.15) is 16.3 Å². The summed E-state index contributed by atoms with van der Waals surface area (Å²) >= 11 is 0. The molecule has 0 spiro atoms. The fourth-order valence-electron chi connectivity index (χ4n) is 1.30. The molecule has 2 aromatic rings. The summed E-state index contributed by atoms with van der Waals surface area (Å²) in [5, 5.41) is 23.5. The van der Waals surface area contributed by atoms with Crippen molar-refractivity contribution >= 4 is 11.9 Å². The first-order valence-electron chi connectivity index (χ1n) is 4.91. The first-order valence-corrected chi connectivity index (χ1v) is 4.91. The van der Waals surface area contributed by atoms with Crippen molar-refractivity contribution in [1.29, 1.82) is 0 Å². The lowest BCUT2D eigenvalue weighted by molar-refractivity contribution is -0.139. The van der Waals surface area contributed by atoms with Crippen molar-refractivity contribution in [1.82, 2.24) is 35.9 Å². The predicted octanol–water partition coefficient (Wildman–Crippen LogP) is -1.65. The van der Waals surface area contributed by atoms with E-state index < -0.39 is 17.9 Å². The van der Waals surface area contributed by atoms with Gasteiger partial charge in [0.2, 0.25) is 0 Å². The molecule has 2 heterocycles. The molecule has 94 valence electrons. The Morgan fingerprint density at radius 2 is 2.33 bits per heavy atom. The highest BCUT2D eigenvalue weighted by atomic mass is 16.4. The van der Waals surface area contributed by atoms with Gasteiger partial charge in [-0.2, -0.15) is 5.21 Å². The summed E-state index contributed by atoms with van der Waals surface area (Å²) in [6.45, 7) is 0. The molecular weight excluding hydrogens is 242 g/mol. The summed E-state index contributed by atoms with van der Waals surface area (Å²) in [5.74, 6) is -2.09. The van der Waals surface area contributed by atoms with E-state index in [9.17, 15) is 9.59 Å². The van der Waals surface area contributed by atoms with Crippen LogP contribution in [-0.4, -0.2) is 53.6 Å². The molecule has 18 heavy (non-hydrogen) atoms. The van der Waals surface area contributed by atoms with E-state index >= 15 is 0 Å². The number of H-pyrrole nitrogens is 2. The van der Waals surface area contributed by atoms with Gasteiger partial charge >= 0.3 is 5.97 Å². The van der Waals surface area contributed by atoms with Crippen LogP contribution in [0.5, 0.6) is 0 Å². The molecule has 10 nitrogen and oxygen atoms in total. The van der Waals surface area contributed by atoms with Gasteiger partial charge < -0.3 is 15.4 Å². The van der Waals surface area contributed by atoms with E-state index in [0.717, 1.165) is 0 Å². The van der Waals surface area contributed by atoms with E-state index in [4.69, 9.17) is 5.11 Å². The second kappa shape index (κ2) is 5.03. The van der Waals surface area contributed by atoms with Gasteiger partial charge in [-0.15, -0.1) is 10.2 Å². The van der Waals surface area contributed by atoms with Crippen LogP contribution in [0.3, 0.4) is 0 Å². The largest absolute Gasteiger partial charge is 0.480 e. The number of rotatable bonds is 5. The summed E-state index contributed by atoms with van der Waals surface area (Å²) in [6, 6.07) is -1.10. The van der Waals surface area contributed by atoms with Gasteiger partial charge in [0.15, 0.2) is 0 Å². The lowest BCUT2D eigenvalue weighted by atomic mass is 10.1. The van der Waals surface area contributed by atoms with Crippen LogP contribution in [0.4, 0.5) is 0 Å². The maximum Gasteiger partial charge on any atom is 0.326 e. The third-order valence-corrected chi connectivity index (χ3v) is 2.13. The molecule has 2 aromatic heterocycles. The predicted molar refractivity (Wildman–Crippen MR) is 55.4 cm³/mol. The standard InChI is InChI=1S/C8H9N7O3/c16-7(6-12-14-15-13-6)11-5(8(17)18)1-4-2-9-3-10-4/h2-3,5H,1H2,(H,9,10)(H,11,16)(H,17,18)(H,12,13,14,15)/t5-/m1/s1. The normalized spacial score (nSPS) is 12.0. The second-order valence-electron chi connectivity index (χ2n) is 3.38. The average molecular weight is 251 g/mol. The Morgan fingerprint density at radius 3 is 2.89 bits per heavy atom. The van der Waals surface area contributed by atoms with Crippen LogP contribution in [0.15, 0.2) is 12.5 Å². The summed E-state index contributed by atoms with van der Waals surface area (Å²) in [6.07, 6.45) is 2.99. The summed E-state index contributed by atoms with van der Waals surface area (Å²) < 4.78 is 0. The SMILES string of the molecule is O=C(N[C@H](Cc1cnc[nH]1)C(=O)O)c1nn[nH]n1. The summed E-state index contributed by atoms with van der Waals surface area (Å²) in [7, 11) is 0. The fourth-order valence-corrected chi connectivity index (χ4v) is 1.30. The van der Waals surface area contributed by atoms with Gasteiger partial charge in [-0.1, -0.05) is 0 Å². The molecule has 0 aliphatic carbocycles. The summed E-state index contributed by atoms with van der Waals surface area (Å²) in [5.41, 5.74) is 0.593. The highest BCUT2D eigenvalue weighted by Gasteiger charge is 2.23. The number of nitrogens with one attached hydrogen (secondary N) is 3. The molecule has 1 atom stereocenters. The number of carbonyl (C=O) groups excluding carboxylic acids is 1. The van der Waals surface area contributed by atoms with E-state index in [0.29, 0.717) is 5.69 Å². The first-order chi connectivity index (χ1) is 8.66. The molecule has 0 fully saturated rings. The molecule has 0 aliphatic heterocycles. The van der Waals surface area contributed by atoms with Gasteiger partial charge in [-0.3, -0.25) is 4.79 Å². The third-order valence-electron chi connectivity index (χ3n) is 2.13. The van der Waals surface area contributed by atoms with Crippen molar-refractivity contribution in [3.63, 3.8) is 0 Å². The number of carboxylic acid groups (broad SMARTS) is 1. The number of nitrogens with zero attached hydrogens (tertiary/aromatic N) is 4. The molecule has 1 amide bonds. The number of aromatic nitrogens is 6. The molecule has 2 rings (SSSR count). The fraction of sp³-hybridized carbons (Fsp3) is 0.250. The molecule has 0 aromatic carbocycles. The van der Waals surface area contributed by atoms with Crippen molar-refractivity contribution in [2.45, 2.75) is 12.5 Å². The van der Waals surface area contributed by atoms with Crippen LogP contribution in [-0.2, 0) is 11.2 Å². The molecule has 0 bridgehead atoms. The zero-order chi connectivity index (χ0) is 13.0. The molecule has 0 unspecified atom stereocenters. The lowest BCUT2D eigenvalue weighted by Gasteiger charge is -2.11. The van der Waals surface area contributed by atoms with Crippen molar-refractivity contribution in [2.75, 3.05) is 0 Å². The quantitative estimate of drug-likeness (QED) is 0.497. The molecular formula is C8H9N7O3. The van der Waals surface area contributed by atoms with Crippen molar-refractivity contribution < 1.29 is 14.7 Å². The number of aliphatic carboxylic acids is 1. The number of aromatic amines is 2. The smallest absolute Gasteiger partial charge is 0.326 e. The highest BCUT2D eigenvalue weighted by Crippen LogP contribution is 1.99. The number of imidazole rings is 1. The minimum Gasteiger partial charge on any atom is -0.480 e. The van der Waals surface area contributed by atoms with Gasteiger partial charge in [0.05, 0.1) is 6.33 Å². The number of carboxylic acids is 1. The number of hydrogen-bond acceptors (Lipinski definition) is 6. The zero-order valence-electron chi connectivity index (χ0n) is 8.99. The van der Waals surface area contributed by atoms with Gasteiger partial charge in [0.1, 0.15) is 6.04 Å². The molecule has 0 aliphatic rings. The molecule has 0 radical (unpaired) electrons. The Morgan fingerprint density at radius 1 is 1.50 bits per heavy atom. The van der Waals surface area contributed by atoms with E-state index in [1.165, 1.54) is 12.5 Å². The Balaban J connectivity index is 2.03. The van der Waals surface area contributed by atoms with Gasteiger partial charge in [-0.25, -0.2) is 9.78 Å². The van der Waals surface area contributed by atoms with E-state index in [1.54, 1.807) is 0 Å². The van der Waals surface area contributed by atoms with Crippen LogP contribution < -0.4 is 5.32 Å². The maximum absolute atomic E-state index is 11.6. The number of amides is 1. The van der Waals surface area contributed by atoms with Crippen LogP contribution in [0.25, 0.3) is 0 Å². The third kappa shape index (κ3) is 2.66. The zero-order valence-corrected chi connectivity index (χ0v) is 8.99. The summed E-state index contributed by atoms with van der Waals surface area (Å²) in [4.78, 5) is 29.1. The van der Waals surface area contributed by atoms with Crippen LogP contribution in [0.2, 0.25) is 0 Å². The number of hydrogen-bond donors (Lipinski definition) is 4. The van der Waals surface area contributed by atoms with Crippen molar-refractivity contribution in [2.24, 2.45) is 0 Å². The molecule has 0 saturated heterocycles. The van der Waals surface area contributed by atoms with Crippen LogP contribution in [0, 0.1) is 0 Å². The van der Waals surface area contributed by atoms with E-state index in [2.05, 4.69) is 35.9 Å². The average Bonchev–Trinajstić information content (AvgIpc) is 3.00. The Bertz CT molecular complexity index is 521. The Hall–Kier alpha value is -2.78. The Labute approximate surface area is 99.8 Å². The lowest BCUT2D eigenvalue weighted by Crippen LogP contribution is -2.42. The van der Waals surface area contributed by atoms with Crippen molar-refractivity contribution in [3.8, 4) is 0 Å². The minimum absolute atomic E-state index is 0.0823. The van der Waals surface area contributed by atoms with E-state index in [1.807, 2.05) is 0 Å². The number of tetrazole rings is 1. The topological polar surface area (TPSA) is 150 Å². The van der Waals surface area contributed by atoms with Gasteiger partial charge in [-0.05, 0) is 5.21 Å². The molecule has 4 N–H and O–H groups in total.